The van der Waals surface area contributed by atoms with Gasteiger partial charge in [-0.05, 0) is 43.3 Å². The number of aryl methyl sites for hydroxylation is 1. The lowest BCUT2D eigenvalue weighted by molar-refractivity contribution is -0.137. The summed E-state index contributed by atoms with van der Waals surface area (Å²) in [6.45, 7) is 1.79. The molecule has 11 heteroatoms. The van der Waals surface area contributed by atoms with Crippen molar-refractivity contribution in [3.05, 3.63) is 69.3 Å². The normalized spacial score (nSPS) is 11.6. The number of anilines is 4. The molecule has 4 aromatic rings. The number of oxazole rings is 1. The molecule has 0 saturated carbocycles. The number of H-pyrrole nitrogens is 1. The Morgan fingerprint density at radius 2 is 1.83 bits per heavy atom. The van der Waals surface area contributed by atoms with E-state index in [0.717, 1.165) is 17.7 Å². The van der Waals surface area contributed by atoms with Crippen LogP contribution in [-0.2, 0) is 6.18 Å². The average Bonchev–Trinajstić information content (AvgIpc) is 3.03. The fourth-order valence-corrected chi connectivity index (χ4v) is 3.03. The quantitative estimate of drug-likeness (QED) is 0.398. The highest BCUT2D eigenvalue weighted by Gasteiger charge is 2.33. The maximum absolute atomic E-state index is 12.8. The van der Waals surface area contributed by atoms with Gasteiger partial charge < -0.3 is 15.1 Å². The topological polar surface area (TPSA) is 95.8 Å². The fraction of sp³-hybridized carbons (Fsp3) is 0.105. The van der Waals surface area contributed by atoms with Crippen LogP contribution in [0.3, 0.4) is 0 Å². The third kappa shape index (κ3) is 4.08. The van der Waals surface area contributed by atoms with Crippen molar-refractivity contribution in [1.82, 2.24) is 15.0 Å². The van der Waals surface area contributed by atoms with Gasteiger partial charge in [-0.2, -0.15) is 18.2 Å². The Morgan fingerprint density at radius 3 is 2.57 bits per heavy atom. The summed E-state index contributed by atoms with van der Waals surface area (Å²) in [5.74, 6) is 0.0782. The summed E-state index contributed by atoms with van der Waals surface area (Å²) in [6, 6.07) is 8.32. The van der Waals surface area contributed by atoms with Crippen molar-refractivity contribution in [2.45, 2.75) is 13.1 Å². The van der Waals surface area contributed by atoms with Gasteiger partial charge in [0.2, 0.25) is 5.95 Å². The lowest BCUT2D eigenvalue weighted by Crippen LogP contribution is -2.06. The molecule has 0 amide bonds. The van der Waals surface area contributed by atoms with Crippen LogP contribution in [0, 0.1) is 6.92 Å². The monoisotopic (exact) mass is 435 g/mol. The molecule has 0 unspecified atom stereocenters. The van der Waals surface area contributed by atoms with E-state index in [1.54, 1.807) is 31.3 Å². The van der Waals surface area contributed by atoms with Crippen LogP contribution < -0.4 is 16.4 Å². The molecule has 0 aliphatic carbocycles. The van der Waals surface area contributed by atoms with Crippen molar-refractivity contribution in [1.29, 1.82) is 0 Å². The van der Waals surface area contributed by atoms with E-state index < -0.39 is 22.5 Å². The van der Waals surface area contributed by atoms with Crippen LogP contribution in [0.5, 0.6) is 0 Å². The van der Waals surface area contributed by atoms with Crippen LogP contribution in [0.1, 0.15) is 11.1 Å². The first-order valence-corrected chi connectivity index (χ1v) is 8.94. The maximum Gasteiger partial charge on any atom is 0.417 e. The van der Waals surface area contributed by atoms with Crippen molar-refractivity contribution in [2.24, 2.45) is 0 Å². The minimum atomic E-state index is -4.53. The number of aromatic amines is 1. The van der Waals surface area contributed by atoms with E-state index in [1.165, 1.54) is 6.07 Å². The predicted octanol–water partition coefficient (Wildman–Crippen LogP) is 5.38. The fourth-order valence-electron chi connectivity index (χ4n) is 2.75. The Hall–Kier alpha value is -3.53. The largest absolute Gasteiger partial charge is 0.417 e. The molecule has 0 bridgehead atoms. The molecule has 2 aromatic heterocycles. The van der Waals surface area contributed by atoms with Crippen LogP contribution in [0.4, 0.5) is 36.3 Å². The second kappa shape index (κ2) is 7.38. The van der Waals surface area contributed by atoms with Gasteiger partial charge in [-0.25, -0.2) is 9.78 Å². The van der Waals surface area contributed by atoms with Gasteiger partial charge in [-0.3, -0.25) is 4.98 Å². The highest BCUT2D eigenvalue weighted by Crippen LogP contribution is 2.36. The predicted molar refractivity (Wildman–Crippen MR) is 107 cm³/mol. The van der Waals surface area contributed by atoms with Gasteiger partial charge in [0.15, 0.2) is 5.58 Å². The van der Waals surface area contributed by atoms with Gasteiger partial charge in [0.05, 0.1) is 16.1 Å². The minimum Gasteiger partial charge on any atom is -0.408 e. The van der Waals surface area contributed by atoms with Crippen LogP contribution in [0.15, 0.2) is 51.8 Å². The first kappa shape index (κ1) is 19.8. The maximum atomic E-state index is 12.8. The van der Waals surface area contributed by atoms with Crippen LogP contribution in [0.25, 0.3) is 11.1 Å². The highest BCUT2D eigenvalue weighted by atomic mass is 35.5. The third-order valence-corrected chi connectivity index (χ3v) is 4.50. The van der Waals surface area contributed by atoms with Crippen molar-refractivity contribution in [2.75, 3.05) is 10.6 Å². The minimum absolute atomic E-state index is 0.164. The van der Waals surface area contributed by atoms with E-state index in [1.807, 2.05) is 0 Å². The molecule has 2 heterocycles. The molecule has 0 fully saturated rings. The van der Waals surface area contributed by atoms with Crippen molar-refractivity contribution in [3.8, 4) is 0 Å². The summed E-state index contributed by atoms with van der Waals surface area (Å²) < 4.78 is 43.5. The van der Waals surface area contributed by atoms with Gasteiger partial charge in [0.1, 0.15) is 5.82 Å². The molecule has 2 aromatic carbocycles. The number of hydrogen-bond donors (Lipinski definition) is 3. The first-order valence-electron chi connectivity index (χ1n) is 8.56. The van der Waals surface area contributed by atoms with Gasteiger partial charge >= 0.3 is 11.9 Å². The summed E-state index contributed by atoms with van der Waals surface area (Å²) in [6.07, 6.45) is -2.98. The molecule has 0 aliphatic rings. The van der Waals surface area contributed by atoms with Gasteiger partial charge in [-0.1, -0.05) is 11.6 Å². The number of alkyl halides is 3. The summed E-state index contributed by atoms with van der Waals surface area (Å²) in [5, 5.41) is 5.51. The zero-order valence-electron chi connectivity index (χ0n) is 15.3. The molecule has 0 radical (unpaired) electrons. The summed E-state index contributed by atoms with van der Waals surface area (Å²) in [5.41, 5.74) is 1.70. The third-order valence-electron chi connectivity index (χ3n) is 4.18. The van der Waals surface area contributed by atoms with E-state index in [4.69, 9.17) is 16.0 Å². The van der Waals surface area contributed by atoms with E-state index >= 15 is 0 Å². The highest BCUT2D eigenvalue weighted by molar-refractivity contribution is 6.31. The Kier molecular flexibility index (Phi) is 4.86. The molecule has 154 valence electrons. The van der Waals surface area contributed by atoms with Gasteiger partial charge in [-0.15, -0.1) is 0 Å². The Bertz CT molecular complexity index is 1300. The van der Waals surface area contributed by atoms with E-state index in [2.05, 4.69) is 25.6 Å². The SMILES string of the molecule is Cc1cnc(Nc2ccc(C(F)(F)F)c(Cl)c2)nc1Nc1ccc2oc(=O)[nH]c2c1. The van der Waals surface area contributed by atoms with E-state index in [9.17, 15) is 18.0 Å². The molecule has 3 N–H and O–H groups in total. The number of rotatable bonds is 4. The first-order chi connectivity index (χ1) is 14.2. The second-order valence-electron chi connectivity index (χ2n) is 6.39. The van der Waals surface area contributed by atoms with Crippen LogP contribution in [0.2, 0.25) is 5.02 Å². The molecular weight excluding hydrogens is 423 g/mol. The summed E-state index contributed by atoms with van der Waals surface area (Å²) in [7, 11) is 0. The standard InChI is InChI=1S/C19H13ClF3N5O2/c1-9-8-24-17(26-10-2-4-12(13(20)6-10)19(21,22)23)28-16(9)25-11-3-5-15-14(7-11)27-18(29)30-15/h2-8H,1H3,(H,27,29)(H2,24,25,26,28). The van der Waals surface area contributed by atoms with E-state index in [0.29, 0.717) is 28.3 Å². The molecule has 0 atom stereocenters. The lowest BCUT2D eigenvalue weighted by Gasteiger charge is -2.13. The molecule has 30 heavy (non-hydrogen) atoms. The van der Waals surface area contributed by atoms with Crippen LogP contribution >= 0.6 is 11.6 Å². The zero-order valence-corrected chi connectivity index (χ0v) is 16.0. The zero-order chi connectivity index (χ0) is 21.5. The van der Waals surface area contributed by atoms with Gasteiger partial charge in [0, 0.05) is 23.1 Å². The van der Waals surface area contributed by atoms with Crippen molar-refractivity contribution >= 4 is 45.8 Å². The number of halogens is 4. The number of benzene rings is 2. The second-order valence-corrected chi connectivity index (χ2v) is 6.80. The molecule has 7 nitrogen and oxygen atoms in total. The number of nitrogens with one attached hydrogen (secondary N) is 3. The number of hydrogen-bond acceptors (Lipinski definition) is 6. The van der Waals surface area contributed by atoms with E-state index in [-0.39, 0.29) is 5.95 Å². The summed E-state index contributed by atoms with van der Waals surface area (Å²) in [4.78, 5) is 22.3. The Balaban J connectivity index is 1.58. The molecule has 4 rings (SSSR count). The smallest absolute Gasteiger partial charge is 0.408 e. The Labute approximate surface area is 171 Å². The van der Waals surface area contributed by atoms with Crippen molar-refractivity contribution < 1.29 is 17.6 Å². The number of fused-ring (bicyclic) bond motifs is 1. The summed E-state index contributed by atoms with van der Waals surface area (Å²) >= 11 is 5.75. The van der Waals surface area contributed by atoms with Crippen molar-refractivity contribution in [3.63, 3.8) is 0 Å². The number of nitrogens with zero attached hydrogens (tertiary/aromatic N) is 2. The molecular formula is C19H13ClF3N5O2. The van der Waals surface area contributed by atoms with Crippen LogP contribution in [-0.4, -0.2) is 15.0 Å². The molecule has 0 saturated heterocycles. The lowest BCUT2D eigenvalue weighted by atomic mass is 10.2. The van der Waals surface area contributed by atoms with Gasteiger partial charge in [0.25, 0.3) is 0 Å². The number of aromatic nitrogens is 3. The average molecular weight is 436 g/mol. The Morgan fingerprint density at radius 1 is 1.10 bits per heavy atom. The molecule has 0 spiro atoms. The molecule has 0 aliphatic heterocycles.